The van der Waals surface area contributed by atoms with Crippen molar-refractivity contribution in [3.63, 3.8) is 0 Å². The summed E-state index contributed by atoms with van der Waals surface area (Å²) in [6, 6.07) is 24.5. The maximum Gasteiger partial charge on any atom is 0.323 e. The van der Waals surface area contributed by atoms with Gasteiger partial charge in [-0.05, 0) is 48.9 Å². The molecule has 0 aliphatic rings. The minimum absolute atomic E-state index is 0.0520. The molecule has 150 valence electrons. The largest absolute Gasteiger partial charge is 0.508 e. The lowest BCUT2D eigenvalue weighted by Crippen LogP contribution is -2.35. The highest BCUT2D eigenvalue weighted by atomic mass is 16.4. The molecule has 3 aromatic carbocycles. The number of phenols is 1. The average molecular weight is 392 g/mol. The Hall–Kier alpha value is -3.64. The van der Waals surface area contributed by atoms with Crippen molar-refractivity contribution in [2.75, 3.05) is 11.4 Å². The van der Waals surface area contributed by atoms with Gasteiger partial charge in [-0.15, -0.1) is 0 Å². The molecule has 0 aliphatic carbocycles. The number of hydrogen-bond donors (Lipinski definition) is 3. The van der Waals surface area contributed by atoms with Crippen LogP contribution < -0.4 is 10.6 Å². The summed E-state index contributed by atoms with van der Waals surface area (Å²) in [5.41, 5.74) is 7.63. The molecule has 4 N–H and O–H groups in total. The van der Waals surface area contributed by atoms with Crippen molar-refractivity contribution in [3.8, 4) is 5.75 Å². The van der Waals surface area contributed by atoms with Crippen LogP contribution >= 0.6 is 0 Å². The Bertz CT molecular complexity index is 911. The van der Waals surface area contributed by atoms with E-state index in [0.29, 0.717) is 11.3 Å². The summed E-state index contributed by atoms with van der Waals surface area (Å²) in [6.45, 7) is 1.54. The molecule has 1 atom stereocenters. The number of nitrogens with two attached hydrogens (primary N) is 1. The van der Waals surface area contributed by atoms with Gasteiger partial charge in [-0.2, -0.15) is 0 Å². The maximum absolute atomic E-state index is 12.4. The number of aliphatic carboxylic acids is 1. The summed E-state index contributed by atoms with van der Waals surface area (Å²) < 4.78 is 0. The normalized spacial score (nSPS) is 11.0. The molecular weight excluding hydrogens is 368 g/mol. The summed E-state index contributed by atoms with van der Waals surface area (Å²) in [5.74, 6) is -1.46. The van der Waals surface area contributed by atoms with Gasteiger partial charge in [-0.3, -0.25) is 14.5 Å². The first-order chi connectivity index (χ1) is 13.9. The molecule has 0 radical (unpaired) electrons. The van der Waals surface area contributed by atoms with Crippen LogP contribution in [-0.2, 0) is 4.79 Å². The van der Waals surface area contributed by atoms with Crippen LogP contribution in [0.25, 0.3) is 0 Å². The Morgan fingerprint density at radius 2 is 1.41 bits per heavy atom. The maximum atomic E-state index is 12.4. The highest BCUT2D eigenvalue weighted by Gasteiger charge is 2.20. The number of nitrogens with zero attached hydrogens (tertiary/aromatic N) is 1. The van der Waals surface area contributed by atoms with Crippen molar-refractivity contribution >= 4 is 17.6 Å². The van der Waals surface area contributed by atoms with Crippen molar-refractivity contribution in [3.05, 3.63) is 96.1 Å². The fourth-order valence-corrected chi connectivity index (χ4v) is 2.54. The molecule has 0 aliphatic heterocycles. The Morgan fingerprint density at radius 3 is 1.86 bits per heavy atom. The quantitative estimate of drug-likeness (QED) is 0.612. The lowest BCUT2D eigenvalue weighted by molar-refractivity contribution is -0.135. The first-order valence-corrected chi connectivity index (χ1v) is 9.06. The molecule has 0 fully saturated rings. The smallest absolute Gasteiger partial charge is 0.323 e. The van der Waals surface area contributed by atoms with Gasteiger partial charge in [0, 0.05) is 17.3 Å². The standard InChI is InChI=1S/C15H13NO4.C8H11N/c17-13-8-6-12(7-9-13)16(10-14(18)19)15(20)11-4-2-1-3-5-11;1-7(9)8-5-3-2-4-6-8/h1-9,17H,10H2,(H,18,19);2-7H,9H2,1H3. The number of carboxylic acids is 1. The zero-order valence-corrected chi connectivity index (χ0v) is 16.1. The van der Waals surface area contributed by atoms with Crippen LogP contribution in [0.4, 0.5) is 5.69 Å². The monoisotopic (exact) mass is 392 g/mol. The first kappa shape index (κ1) is 21.7. The number of hydrogen-bond acceptors (Lipinski definition) is 4. The van der Waals surface area contributed by atoms with Gasteiger partial charge in [0.25, 0.3) is 5.91 Å². The topological polar surface area (TPSA) is 104 Å². The molecule has 1 unspecified atom stereocenters. The fourth-order valence-electron chi connectivity index (χ4n) is 2.54. The summed E-state index contributed by atoms with van der Waals surface area (Å²) in [4.78, 5) is 24.5. The van der Waals surface area contributed by atoms with E-state index in [1.807, 2.05) is 37.3 Å². The molecule has 6 heteroatoms. The van der Waals surface area contributed by atoms with Gasteiger partial charge in [0.1, 0.15) is 12.3 Å². The molecule has 6 nitrogen and oxygen atoms in total. The number of benzene rings is 3. The van der Waals surface area contributed by atoms with Crippen molar-refractivity contribution in [2.24, 2.45) is 5.73 Å². The first-order valence-electron chi connectivity index (χ1n) is 9.06. The SMILES string of the molecule is CC(N)c1ccccc1.O=C(O)CN(C(=O)c1ccccc1)c1ccc(O)cc1. The van der Waals surface area contributed by atoms with Gasteiger partial charge < -0.3 is 15.9 Å². The van der Waals surface area contributed by atoms with Crippen molar-refractivity contribution in [1.82, 2.24) is 0 Å². The average Bonchev–Trinajstić information content (AvgIpc) is 2.74. The number of carbonyl (C=O) groups excluding carboxylic acids is 1. The lowest BCUT2D eigenvalue weighted by Gasteiger charge is -2.21. The van der Waals surface area contributed by atoms with Crippen LogP contribution in [0.1, 0.15) is 28.9 Å². The molecule has 0 spiro atoms. The summed E-state index contributed by atoms with van der Waals surface area (Å²) in [6.07, 6.45) is 0. The second-order valence-corrected chi connectivity index (χ2v) is 6.37. The van der Waals surface area contributed by atoms with Crippen LogP contribution in [-0.4, -0.2) is 28.6 Å². The molecule has 0 bridgehead atoms. The molecular formula is C23H24N2O4. The Kier molecular flexibility index (Phi) is 7.94. The summed E-state index contributed by atoms with van der Waals surface area (Å²) in [5, 5.41) is 18.2. The Labute approximate surface area is 169 Å². The highest BCUT2D eigenvalue weighted by Crippen LogP contribution is 2.20. The predicted molar refractivity (Wildman–Crippen MR) is 113 cm³/mol. The molecule has 0 aromatic heterocycles. The Balaban J connectivity index is 0.000000278. The van der Waals surface area contributed by atoms with E-state index < -0.39 is 18.4 Å². The third-order valence-electron chi connectivity index (χ3n) is 4.05. The summed E-state index contributed by atoms with van der Waals surface area (Å²) >= 11 is 0. The van der Waals surface area contributed by atoms with E-state index in [2.05, 4.69) is 0 Å². The van der Waals surface area contributed by atoms with E-state index in [-0.39, 0.29) is 11.8 Å². The van der Waals surface area contributed by atoms with Crippen LogP contribution in [0.2, 0.25) is 0 Å². The molecule has 0 saturated heterocycles. The Morgan fingerprint density at radius 1 is 0.897 bits per heavy atom. The summed E-state index contributed by atoms with van der Waals surface area (Å²) in [7, 11) is 0. The lowest BCUT2D eigenvalue weighted by atomic mass is 10.1. The van der Waals surface area contributed by atoms with Crippen molar-refractivity contribution in [1.29, 1.82) is 0 Å². The molecule has 0 heterocycles. The van der Waals surface area contributed by atoms with Crippen LogP contribution in [0, 0.1) is 0 Å². The molecule has 3 rings (SSSR count). The van der Waals surface area contributed by atoms with E-state index in [0.717, 1.165) is 4.90 Å². The predicted octanol–water partition coefficient (Wildman–Crippen LogP) is 3.83. The van der Waals surface area contributed by atoms with E-state index in [1.165, 1.54) is 29.8 Å². The van der Waals surface area contributed by atoms with E-state index >= 15 is 0 Å². The highest BCUT2D eigenvalue weighted by molar-refractivity contribution is 6.08. The van der Waals surface area contributed by atoms with Gasteiger partial charge >= 0.3 is 5.97 Å². The van der Waals surface area contributed by atoms with E-state index in [4.69, 9.17) is 10.8 Å². The van der Waals surface area contributed by atoms with E-state index in [9.17, 15) is 14.7 Å². The third kappa shape index (κ3) is 6.79. The molecule has 29 heavy (non-hydrogen) atoms. The van der Waals surface area contributed by atoms with Gasteiger partial charge in [0.2, 0.25) is 0 Å². The number of rotatable bonds is 5. The van der Waals surface area contributed by atoms with Crippen LogP contribution in [0.15, 0.2) is 84.9 Å². The molecule has 3 aromatic rings. The second-order valence-electron chi connectivity index (χ2n) is 6.37. The third-order valence-corrected chi connectivity index (χ3v) is 4.05. The zero-order valence-electron chi connectivity index (χ0n) is 16.1. The molecule has 0 saturated carbocycles. The fraction of sp³-hybridized carbons (Fsp3) is 0.130. The van der Waals surface area contributed by atoms with Gasteiger partial charge in [-0.25, -0.2) is 0 Å². The van der Waals surface area contributed by atoms with Gasteiger partial charge in [-0.1, -0.05) is 48.5 Å². The zero-order chi connectivity index (χ0) is 21.2. The number of amides is 1. The number of carboxylic acid groups (broad SMARTS) is 1. The minimum atomic E-state index is -1.11. The van der Waals surface area contributed by atoms with Crippen LogP contribution in [0.3, 0.4) is 0 Å². The number of carbonyl (C=O) groups is 2. The van der Waals surface area contributed by atoms with Crippen molar-refractivity contribution in [2.45, 2.75) is 13.0 Å². The number of aromatic hydroxyl groups is 1. The second kappa shape index (κ2) is 10.6. The van der Waals surface area contributed by atoms with Crippen LogP contribution in [0.5, 0.6) is 5.75 Å². The number of phenolic OH excluding ortho intramolecular Hbond substituents is 1. The number of anilines is 1. The molecule has 1 amide bonds. The van der Waals surface area contributed by atoms with Gasteiger partial charge in [0.05, 0.1) is 0 Å². The van der Waals surface area contributed by atoms with Gasteiger partial charge in [0.15, 0.2) is 0 Å². The minimum Gasteiger partial charge on any atom is -0.508 e. The van der Waals surface area contributed by atoms with E-state index in [1.54, 1.807) is 30.3 Å². The van der Waals surface area contributed by atoms with Crippen molar-refractivity contribution < 1.29 is 19.8 Å².